The Bertz CT molecular complexity index is 581. The number of nitrogens with zero attached hydrogens (tertiary/aromatic N) is 2. The van der Waals surface area contributed by atoms with Crippen molar-refractivity contribution < 1.29 is 10.2 Å². The molecule has 0 aliphatic heterocycles. The van der Waals surface area contributed by atoms with E-state index in [-0.39, 0.29) is 19.3 Å². The summed E-state index contributed by atoms with van der Waals surface area (Å²) < 4.78 is 1.82. The average molecular weight is 304 g/mol. The van der Waals surface area contributed by atoms with Gasteiger partial charge in [-0.05, 0) is 30.4 Å². The molecule has 4 nitrogen and oxygen atoms in total. The number of thioether (sulfide) groups is 1. The van der Waals surface area contributed by atoms with Gasteiger partial charge in [-0.15, -0.1) is 0 Å². The third-order valence-corrected chi connectivity index (χ3v) is 4.82. The lowest BCUT2D eigenvalue weighted by atomic mass is 10.2. The van der Waals surface area contributed by atoms with Crippen molar-refractivity contribution in [1.82, 2.24) is 9.78 Å². The summed E-state index contributed by atoms with van der Waals surface area (Å²) in [6.45, 7) is 0.0459. The molecule has 2 N–H and O–H groups in total. The molecule has 21 heavy (non-hydrogen) atoms. The fourth-order valence-electron chi connectivity index (χ4n) is 2.52. The summed E-state index contributed by atoms with van der Waals surface area (Å²) >= 11 is 1.66. The highest BCUT2D eigenvalue weighted by molar-refractivity contribution is 7.98. The van der Waals surface area contributed by atoms with Crippen LogP contribution in [0.5, 0.6) is 0 Å². The van der Waals surface area contributed by atoms with Gasteiger partial charge in [0.25, 0.3) is 0 Å². The zero-order valence-corrected chi connectivity index (χ0v) is 12.7. The Morgan fingerprint density at radius 3 is 2.62 bits per heavy atom. The number of hydrogen-bond acceptors (Lipinski definition) is 4. The summed E-state index contributed by atoms with van der Waals surface area (Å²) in [6, 6.07) is 12.2. The van der Waals surface area contributed by atoms with Crippen LogP contribution < -0.4 is 0 Å². The molecule has 1 saturated carbocycles. The van der Waals surface area contributed by atoms with Crippen LogP contribution in [0.4, 0.5) is 0 Å². The highest BCUT2D eigenvalue weighted by Crippen LogP contribution is 2.40. The van der Waals surface area contributed by atoms with Crippen molar-refractivity contribution >= 4 is 11.8 Å². The van der Waals surface area contributed by atoms with E-state index >= 15 is 0 Å². The predicted octanol–water partition coefficient (Wildman–Crippen LogP) is 2.61. The molecule has 5 heteroatoms. The van der Waals surface area contributed by atoms with Crippen molar-refractivity contribution in [2.45, 2.75) is 36.3 Å². The van der Waals surface area contributed by atoms with Gasteiger partial charge in [-0.25, -0.2) is 0 Å². The van der Waals surface area contributed by atoms with E-state index in [0.717, 1.165) is 29.3 Å². The number of aromatic nitrogens is 2. The number of aliphatic hydroxyl groups is 2. The zero-order chi connectivity index (χ0) is 14.7. The third kappa shape index (κ3) is 3.48. The van der Waals surface area contributed by atoms with Crippen LogP contribution >= 0.6 is 11.8 Å². The summed E-state index contributed by atoms with van der Waals surface area (Å²) in [5.41, 5.74) is 2.04. The molecular formula is C16H20N2O2S. The van der Waals surface area contributed by atoms with Gasteiger partial charge in [0.1, 0.15) is 5.03 Å². The fraction of sp³-hybridized carbons (Fsp3) is 0.438. The number of rotatable bonds is 7. The quantitative estimate of drug-likeness (QED) is 0.772. The first kappa shape index (κ1) is 14.6. The van der Waals surface area contributed by atoms with Gasteiger partial charge in [0.05, 0.1) is 24.9 Å². The van der Waals surface area contributed by atoms with Crippen LogP contribution in [0.3, 0.4) is 0 Å². The largest absolute Gasteiger partial charge is 0.394 e. The SMILES string of the molecule is OCc1cc(SCc2ccccc2)nn1C(CO)C1CC1. The van der Waals surface area contributed by atoms with E-state index in [9.17, 15) is 10.2 Å². The standard InChI is InChI=1S/C16H20N2O2S/c19-9-14-8-16(21-11-12-4-2-1-3-5-12)17-18(14)15(10-20)13-6-7-13/h1-5,8,13,15,19-20H,6-7,9-11H2. The van der Waals surface area contributed by atoms with E-state index < -0.39 is 0 Å². The van der Waals surface area contributed by atoms with E-state index in [2.05, 4.69) is 17.2 Å². The molecule has 2 aromatic rings. The first-order chi connectivity index (χ1) is 10.3. The maximum absolute atomic E-state index is 9.58. The maximum Gasteiger partial charge on any atom is 0.119 e. The van der Waals surface area contributed by atoms with Gasteiger partial charge in [0, 0.05) is 5.75 Å². The molecule has 112 valence electrons. The van der Waals surface area contributed by atoms with Crippen LogP contribution in [0.2, 0.25) is 0 Å². The molecule has 0 spiro atoms. The van der Waals surface area contributed by atoms with E-state index in [0.29, 0.717) is 5.92 Å². The molecule has 0 bridgehead atoms. The molecule has 1 heterocycles. The lowest BCUT2D eigenvalue weighted by Gasteiger charge is -2.16. The van der Waals surface area contributed by atoms with Gasteiger partial charge < -0.3 is 10.2 Å². The van der Waals surface area contributed by atoms with E-state index in [1.165, 1.54) is 5.56 Å². The van der Waals surface area contributed by atoms with Crippen LogP contribution in [-0.2, 0) is 12.4 Å². The summed E-state index contributed by atoms with van der Waals surface area (Å²) in [7, 11) is 0. The lowest BCUT2D eigenvalue weighted by Crippen LogP contribution is -2.19. The molecule has 1 aromatic carbocycles. The van der Waals surface area contributed by atoms with Crippen molar-refractivity contribution in [1.29, 1.82) is 0 Å². The van der Waals surface area contributed by atoms with E-state index in [1.807, 2.05) is 28.9 Å². The Hall–Kier alpha value is -1.30. The normalized spacial score (nSPS) is 16.1. The molecule has 1 fully saturated rings. The summed E-state index contributed by atoms with van der Waals surface area (Å²) in [5.74, 6) is 1.36. The number of aliphatic hydroxyl groups excluding tert-OH is 2. The minimum absolute atomic E-state index is 0.0122. The predicted molar refractivity (Wildman–Crippen MR) is 83.0 cm³/mol. The van der Waals surface area contributed by atoms with E-state index in [1.54, 1.807) is 11.8 Å². The molecule has 1 aromatic heterocycles. The maximum atomic E-state index is 9.58. The number of benzene rings is 1. The van der Waals surface area contributed by atoms with Crippen LogP contribution in [0.25, 0.3) is 0 Å². The van der Waals surface area contributed by atoms with Gasteiger partial charge in [0.2, 0.25) is 0 Å². The molecule has 0 amide bonds. The van der Waals surface area contributed by atoms with Gasteiger partial charge in [0.15, 0.2) is 0 Å². The summed E-state index contributed by atoms with van der Waals surface area (Å²) in [4.78, 5) is 0. The Labute approximate surface area is 128 Å². The molecule has 1 atom stereocenters. The summed E-state index contributed by atoms with van der Waals surface area (Å²) in [5, 5.41) is 24.6. The van der Waals surface area contributed by atoms with Crippen molar-refractivity contribution in [2.24, 2.45) is 5.92 Å². The van der Waals surface area contributed by atoms with Crippen LogP contribution in [-0.4, -0.2) is 26.6 Å². The van der Waals surface area contributed by atoms with Crippen molar-refractivity contribution in [3.63, 3.8) is 0 Å². The van der Waals surface area contributed by atoms with Gasteiger partial charge in [-0.2, -0.15) is 5.10 Å². The van der Waals surface area contributed by atoms with Crippen LogP contribution in [0.15, 0.2) is 41.4 Å². The summed E-state index contributed by atoms with van der Waals surface area (Å²) in [6.07, 6.45) is 2.28. The molecule has 1 aliphatic carbocycles. The molecule has 0 saturated heterocycles. The van der Waals surface area contributed by atoms with Crippen molar-refractivity contribution in [2.75, 3.05) is 6.61 Å². The molecule has 3 rings (SSSR count). The van der Waals surface area contributed by atoms with Crippen molar-refractivity contribution in [3.05, 3.63) is 47.7 Å². The second-order valence-corrected chi connectivity index (χ2v) is 6.43. The van der Waals surface area contributed by atoms with Crippen LogP contribution in [0, 0.1) is 5.92 Å². The monoisotopic (exact) mass is 304 g/mol. The highest BCUT2D eigenvalue weighted by Gasteiger charge is 2.33. The average Bonchev–Trinajstić information content (AvgIpc) is 3.27. The van der Waals surface area contributed by atoms with Gasteiger partial charge >= 0.3 is 0 Å². The zero-order valence-electron chi connectivity index (χ0n) is 11.9. The van der Waals surface area contributed by atoms with Gasteiger partial charge in [-0.3, -0.25) is 4.68 Å². The van der Waals surface area contributed by atoms with Gasteiger partial charge in [-0.1, -0.05) is 42.1 Å². The fourth-order valence-corrected chi connectivity index (χ4v) is 3.39. The minimum atomic E-state index is -0.0396. The molecule has 0 radical (unpaired) electrons. The van der Waals surface area contributed by atoms with Crippen molar-refractivity contribution in [3.8, 4) is 0 Å². The second kappa shape index (κ2) is 6.64. The molecular weight excluding hydrogens is 284 g/mol. The Balaban J connectivity index is 1.72. The third-order valence-electron chi connectivity index (χ3n) is 3.85. The second-order valence-electron chi connectivity index (χ2n) is 5.44. The first-order valence-electron chi connectivity index (χ1n) is 7.28. The first-order valence-corrected chi connectivity index (χ1v) is 8.27. The topological polar surface area (TPSA) is 58.3 Å². The Kier molecular flexibility index (Phi) is 4.63. The van der Waals surface area contributed by atoms with Crippen LogP contribution in [0.1, 0.15) is 30.1 Å². The molecule has 1 unspecified atom stereocenters. The highest BCUT2D eigenvalue weighted by atomic mass is 32.2. The molecule has 1 aliphatic rings. The lowest BCUT2D eigenvalue weighted by molar-refractivity contribution is 0.187. The Morgan fingerprint density at radius 1 is 1.24 bits per heavy atom. The smallest absolute Gasteiger partial charge is 0.119 e. The number of hydrogen-bond donors (Lipinski definition) is 2. The van der Waals surface area contributed by atoms with E-state index in [4.69, 9.17) is 0 Å². The Morgan fingerprint density at radius 2 is 2.00 bits per heavy atom. The minimum Gasteiger partial charge on any atom is -0.394 e.